The van der Waals surface area contributed by atoms with E-state index >= 15 is 0 Å². The molecule has 1 aliphatic carbocycles. The van der Waals surface area contributed by atoms with Gasteiger partial charge in [0.15, 0.2) is 0 Å². The highest BCUT2D eigenvalue weighted by atomic mass is 16.2. The van der Waals surface area contributed by atoms with Crippen LogP contribution < -0.4 is 10.6 Å². The van der Waals surface area contributed by atoms with Crippen molar-refractivity contribution in [2.75, 3.05) is 0 Å². The van der Waals surface area contributed by atoms with Gasteiger partial charge in [-0.2, -0.15) is 0 Å². The molecule has 0 saturated heterocycles. The zero-order valence-electron chi connectivity index (χ0n) is 9.36. The van der Waals surface area contributed by atoms with Gasteiger partial charge in [-0.15, -0.1) is 0 Å². The van der Waals surface area contributed by atoms with Gasteiger partial charge in [0.05, 0.1) is 11.8 Å². The zero-order valence-corrected chi connectivity index (χ0v) is 9.36. The van der Waals surface area contributed by atoms with Crippen molar-refractivity contribution in [2.45, 2.75) is 12.8 Å². The van der Waals surface area contributed by atoms with E-state index in [4.69, 9.17) is 0 Å². The Morgan fingerprint density at radius 3 is 2.33 bits per heavy atom. The maximum Gasteiger partial charge on any atom is 0.254 e. The fourth-order valence-corrected chi connectivity index (χ4v) is 2.62. The Labute approximate surface area is 102 Å². The molecular formula is C12H10N2O4. The lowest BCUT2D eigenvalue weighted by Crippen LogP contribution is -2.37. The van der Waals surface area contributed by atoms with Gasteiger partial charge in [0.2, 0.25) is 17.7 Å². The lowest BCUT2D eigenvalue weighted by molar-refractivity contribution is -0.133. The molecule has 2 atom stereocenters. The second-order valence-electron chi connectivity index (χ2n) is 4.51. The number of carbonyl (C=O) groups excluding carboxylic acids is 4. The number of fused-ring (bicyclic) bond motifs is 2. The predicted octanol–water partition coefficient (Wildman–Crippen LogP) is -0.822. The van der Waals surface area contributed by atoms with Crippen LogP contribution in [0.1, 0.15) is 12.8 Å². The molecule has 4 rings (SSSR count). The molecule has 0 fully saturated rings. The molecule has 6 nitrogen and oxygen atoms in total. The van der Waals surface area contributed by atoms with Crippen LogP contribution in [0.5, 0.6) is 0 Å². The third-order valence-corrected chi connectivity index (χ3v) is 3.46. The smallest absolute Gasteiger partial charge is 0.254 e. The summed E-state index contributed by atoms with van der Waals surface area (Å²) >= 11 is 0. The molecule has 0 radical (unpaired) electrons. The second-order valence-corrected chi connectivity index (χ2v) is 4.51. The fourth-order valence-electron chi connectivity index (χ4n) is 2.62. The molecule has 6 heteroatoms. The number of hydrogen-bond donors (Lipinski definition) is 2. The summed E-state index contributed by atoms with van der Waals surface area (Å²) in [6, 6.07) is 0. The van der Waals surface area contributed by atoms with Crippen LogP contribution in [0.3, 0.4) is 0 Å². The first-order chi connectivity index (χ1) is 8.58. The van der Waals surface area contributed by atoms with Gasteiger partial charge in [-0.3, -0.25) is 29.8 Å². The molecular weight excluding hydrogens is 236 g/mol. The van der Waals surface area contributed by atoms with Crippen molar-refractivity contribution < 1.29 is 19.2 Å². The zero-order chi connectivity index (χ0) is 12.9. The van der Waals surface area contributed by atoms with Gasteiger partial charge in [0.1, 0.15) is 0 Å². The molecule has 3 aliphatic heterocycles. The molecule has 0 spiro atoms. The summed E-state index contributed by atoms with van der Waals surface area (Å²) in [6.45, 7) is 0. The molecule has 92 valence electrons. The van der Waals surface area contributed by atoms with Crippen molar-refractivity contribution in [3.8, 4) is 0 Å². The Morgan fingerprint density at radius 2 is 1.56 bits per heavy atom. The topological polar surface area (TPSA) is 92.3 Å². The number of carbonyl (C=O) groups is 4. The molecule has 2 bridgehead atoms. The van der Waals surface area contributed by atoms with E-state index in [1.165, 1.54) is 0 Å². The predicted molar refractivity (Wildman–Crippen MR) is 58.7 cm³/mol. The van der Waals surface area contributed by atoms with Crippen LogP contribution in [0, 0.1) is 11.8 Å². The number of rotatable bonds is 0. The number of nitrogens with one attached hydrogen (secondary N) is 2. The molecule has 2 N–H and O–H groups in total. The van der Waals surface area contributed by atoms with E-state index < -0.39 is 29.6 Å². The van der Waals surface area contributed by atoms with Crippen molar-refractivity contribution in [3.05, 3.63) is 23.3 Å². The first-order valence-corrected chi connectivity index (χ1v) is 5.68. The lowest BCUT2D eigenvalue weighted by Gasteiger charge is -2.20. The van der Waals surface area contributed by atoms with Crippen LogP contribution in [0.25, 0.3) is 0 Å². The van der Waals surface area contributed by atoms with Gasteiger partial charge in [-0.25, -0.2) is 0 Å². The Balaban J connectivity index is 2.15. The first kappa shape index (κ1) is 10.9. The quantitative estimate of drug-likeness (QED) is 0.431. The van der Waals surface area contributed by atoms with Crippen LogP contribution >= 0.6 is 0 Å². The minimum Gasteiger partial charge on any atom is -0.295 e. The van der Waals surface area contributed by atoms with Gasteiger partial charge >= 0.3 is 0 Å². The van der Waals surface area contributed by atoms with Gasteiger partial charge in [-0.05, 0) is 12.0 Å². The number of hydrogen-bond acceptors (Lipinski definition) is 4. The minimum atomic E-state index is -0.770. The Morgan fingerprint density at radius 1 is 0.889 bits per heavy atom. The average Bonchev–Trinajstić information content (AvgIpc) is 2.59. The summed E-state index contributed by atoms with van der Waals surface area (Å²) in [5.41, 5.74) is 0.853. The fraction of sp³-hybridized carbons (Fsp3) is 0.333. The summed E-state index contributed by atoms with van der Waals surface area (Å²) < 4.78 is 0. The maximum absolute atomic E-state index is 11.9. The lowest BCUT2D eigenvalue weighted by atomic mass is 9.81. The SMILES string of the molecule is O=C1CCC2=C(C(=O)N1)C1C=CC2C(=O)NC1=O. The standard InChI is InChI=1S/C12H10N2O4/c15-8-4-3-5-6-1-2-7(9(5)12(18)13-8)11(17)14-10(6)16/h1-2,6-7H,3-4H2,(H,13,15,18)(H,14,16,17). The molecule has 4 aliphatic rings. The largest absolute Gasteiger partial charge is 0.295 e. The third kappa shape index (κ3) is 1.42. The van der Waals surface area contributed by atoms with E-state index in [1.807, 2.05) is 0 Å². The van der Waals surface area contributed by atoms with Gasteiger partial charge in [-0.1, -0.05) is 12.2 Å². The van der Waals surface area contributed by atoms with Crippen LogP contribution in [0.4, 0.5) is 0 Å². The highest BCUT2D eigenvalue weighted by molar-refractivity contribution is 6.14. The maximum atomic E-state index is 11.9. The third-order valence-electron chi connectivity index (χ3n) is 3.46. The van der Waals surface area contributed by atoms with Crippen molar-refractivity contribution in [1.29, 1.82) is 0 Å². The minimum absolute atomic E-state index is 0.156. The van der Waals surface area contributed by atoms with Gasteiger partial charge < -0.3 is 0 Å². The van der Waals surface area contributed by atoms with E-state index in [-0.39, 0.29) is 17.9 Å². The first-order valence-electron chi connectivity index (χ1n) is 5.68. The van der Waals surface area contributed by atoms with E-state index in [2.05, 4.69) is 10.6 Å². The van der Waals surface area contributed by atoms with Crippen LogP contribution in [0.2, 0.25) is 0 Å². The van der Waals surface area contributed by atoms with E-state index in [0.717, 1.165) is 0 Å². The summed E-state index contributed by atoms with van der Waals surface area (Å²) in [6.07, 6.45) is 3.67. The van der Waals surface area contributed by atoms with Crippen molar-refractivity contribution >= 4 is 23.6 Å². The molecule has 18 heavy (non-hydrogen) atoms. The van der Waals surface area contributed by atoms with E-state index in [9.17, 15) is 19.2 Å². The Bertz CT molecular complexity index is 558. The molecule has 3 heterocycles. The van der Waals surface area contributed by atoms with Crippen molar-refractivity contribution in [1.82, 2.24) is 10.6 Å². The molecule has 2 unspecified atom stereocenters. The van der Waals surface area contributed by atoms with E-state index in [0.29, 0.717) is 12.0 Å². The van der Waals surface area contributed by atoms with Gasteiger partial charge in [0, 0.05) is 12.0 Å². The van der Waals surface area contributed by atoms with Crippen molar-refractivity contribution in [2.24, 2.45) is 11.8 Å². The average molecular weight is 246 g/mol. The molecule has 0 aromatic carbocycles. The Kier molecular flexibility index (Phi) is 2.19. The molecule has 0 aromatic heterocycles. The summed E-state index contributed by atoms with van der Waals surface area (Å²) in [5, 5.41) is 4.49. The summed E-state index contributed by atoms with van der Waals surface area (Å²) in [4.78, 5) is 46.9. The number of amides is 4. The Hall–Kier alpha value is -2.24. The highest BCUT2D eigenvalue weighted by Gasteiger charge is 2.42. The monoisotopic (exact) mass is 246 g/mol. The summed E-state index contributed by atoms with van der Waals surface area (Å²) in [5.74, 6) is -3.25. The van der Waals surface area contributed by atoms with Crippen LogP contribution in [-0.2, 0) is 19.2 Å². The van der Waals surface area contributed by atoms with Crippen molar-refractivity contribution in [3.63, 3.8) is 0 Å². The number of imide groups is 2. The molecule has 0 saturated carbocycles. The normalized spacial score (nSPS) is 30.7. The highest BCUT2D eigenvalue weighted by Crippen LogP contribution is 2.36. The second kappa shape index (κ2) is 3.63. The van der Waals surface area contributed by atoms with Crippen LogP contribution in [0.15, 0.2) is 23.3 Å². The van der Waals surface area contributed by atoms with Gasteiger partial charge in [0.25, 0.3) is 5.91 Å². The van der Waals surface area contributed by atoms with Crippen LogP contribution in [-0.4, -0.2) is 23.6 Å². The van der Waals surface area contributed by atoms with E-state index in [1.54, 1.807) is 12.2 Å². The molecule has 4 amide bonds. The molecule has 0 aromatic rings. The summed E-state index contributed by atoms with van der Waals surface area (Å²) in [7, 11) is 0.